The molecule has 0 spiro atoms. The normalized spacial score (nSPS) is 18.6. The van der Waals surface area contributed by atoms with Crippen molar-refractivity contribution in [2.24, 2.45) is 0 Å². The fourth-order valence-electron chi connectivity index (χ4n) is 3.12. The van der Waals surface area contributed by atoms with Crippen molar-refractivity contribution in [2.75, 3.05) is 42.9 Å². The van der Waals surface area contributed by atoms with Crippen LogP contribution in [-0.2, 0) is 0 Å². The second kappa shape index (κ2) is 6.77. The highest BCUT2D eigenvalue weighted by Crippen LogP contribution is 2.28. The number of nitrogens with zero attached hydrogens (tertiary/aromatic N) is 4. The van der Waals surface area contributed by atoms with E-state index in [0.29, 0.717) is 6.04 Å². The zero-order valence-electron chi connectivity index (χ0n) is 14.3. The standard InChI is InChI=1S/C19H25N5/c1-2-23-10-12-24(13-11-23)18-14-17(20-16-8-9-16)21-19(22-18)15-6-4-3-5-7-15/h3-7,14,16H,2,8-13H2,1H3,(H,20,21,22). The summed E-state index contributed by atoms with van der Waals surface area (Å²) in [5, 5.41) is 3.54. The van der Waals surface area contributed by atoms with E-state index in [9.17, 15) is 0 Å². The molecule has 1 aliphatic carbocycles. The van der Waals surface area contributed by atoms with Crippen LogP contribution in [0.2, 0.25) is 0 Å². The molecule has 1 saturated heterocycles. The van der Waals surface area contributed by atoms with Crippen molar-refractivity contribution in [1.29, 1.82) is 0 Å². The van der Waals surface area contributed by atoms with Gasteiger partial charge in [-0.2, -0.15) is 0 Å². The van der Waals surface area contributed by atoms with Gasteiger partial charge in [-0.25, -0.2) is 9.97 Å². The van der Waals surface area contributed by atoms with E-state index in [4.69, 9.17) is 9.97 Å². The fraction of sp³-hybridized carbons (Fsp3) is 0.474. The van der Waals surface area contributed by atoms with Gasteiger partial charge in [-0.15, -0.1) is 0 Å². The van der Waals surface area contributed by atoms with E-state index < -0.39 is 0 Å². The lowest BCUT2D eigenvalue weighted by atomic mass is 10.2. The minimum atomic E-state index is 0.591. The van der Waals surface area contributed by atoms with Crippen molar-refractivity contribution in [3.8, 4) is 11.4 Å². The van der Waals surface area contributed by atoms with Crippen LogP contribution in [0.3, 0.4) is 0 Å². The Morgan fingerprint density at radius 3 is 2.46 bits per heavy atom. The second-order valence-corrected chi connectivity index (χ2v) is 6.64. The quantitative estimate of drug-likeness (QED) is 0.916. The van der Waals surface area contributed by atoms with Gasteiger partial charge in [-0.1, -0.05) is 37.3 Å². The van der Waals surface area contributed by atoms with Crippen LogP contribution in [0.25, 0.3) is 11.4 Å². The Bertz CT molecular complexity index is 675. The van der Waals surface area contributed by atoms with E-state index in [1.54, 1.807) is 0 Å². The van der Waals surface area contributed by atoms with Crippen molar-refractivity contribution in [2.45, 2.75) is 25.8 Å². The van der Waals surface area contributed by atoms with Gasteiger partial charge in [0.05, 0.1) is 0 Å². The van der Waals surface area contributed by atoms with Gasteiger partial charge in [0.15, 0.2) is 5.82 Å². The van der Waals surface area contributed by atoms with Gasteiger partial charge in [0.1, 0.15) is 11.6 Å². The third-order valence-corrected chi connectivity index (χ3v) is 4.82. The van der Waals surface area contributed by atoms with Crippen LogP contribution in [-0.4, -0.2) is 53.6 Å². The summed E-state index contributed by atoms with van der Waals surface area (Å²) in [5.41, 5.74) is 1.07. The molecule has 0 amide bonds. The van der Waals surface area contributed by atoms with E-state index >= 15 is 0 Å². The predicted octanol–water partition coefficient (Wildman–Crippen LogP) is 2.86. The van der Waals surface area contributed by atoms with Gasteiger partial charge in [-0.05, 0) is 19.4 Å². The lowest BCUT2D eigenvalue weighted by Crippen LogP contribution is -2.46. The summed E-state index contributed by atoms with van der Waals surface area (Å²) in [6, 6.07) is 13.0. The van der Waals surface area contributed by atoms with Crippen LogP contribution in [0, 0.1) is 0 Å². The molecule has 2 aromatic rings. The summed E-state index contributed by atoms with van der Waals surface area (Å²) in [6.45, 7) is 7.62. The number of aromatic nitrogens is 2. The van der Waals surface area contributed by atoms with Gasteiger partial charge in [-0.3, -0.25) is 0 Å². The first-order valence-electron chi connectivity index (χ1n) is 9.00. The average Bonchev–Trinajstić information content (AvgIpc) is 3.46. The summed E-state index contributed by atoms with van der Waals surface area (Å²) >= 11 is 0. The molecule has 0 radical (unpaired) electrons. The minimum absolute atomic E-state index is 0.591. The third-order valence-electron chi connectivity index (χ3n) is 4.82. The Labute approximate surface area is 143 Å². The molecule has 0 atom stereocenters. The molecule has 1 aromatic heterocycles. The maximum atomic E-state index is 4.86. The number of rotatable bonds is 5. The minimum Gasteiger partial charge on any atom is -0.367 e. The highest BCUT2D eigenvalue weighted by molar-refractivity contribution is 5.62. The average molecular weight is 323 g/mol. The molecule has 1 aromatic carbocycles. The van der Waals surface area contributed by atoms with E-state index in [1.807, 2.05) is 18.2 Å². The molecular formula is C19H25N5. The van der Waals surface area contributed by atoms with Crippen LogP contribution >= 0.6 is 0 Å². The highest BCUT2D eigenvalue weighted by atomic mass is 15.3. The van der Waals surface area contributed by atoms with Crippen molar-refractivity contribution in [1.82, 2.24) is 14.9 Å². The lowest BCUT2D eigenvalue weighted by Gasteiger charge is -2.35. The first kappa shape index (κ1) is 15.4. The fourth-order valence-corrected chi connectivity index (χ4v) is 3.12. The van der Waals surface area contributed by atoms with Crippen molar-refractivity contribution in [3.05, 3.63) is 36.4 Å². The Balaban J connectivity index is 1.62. The molecule has 1 saturated carbocycles. The largest absolute Gasteiger partial charge is 0.367 e. The number of nitrogens with one attached hydrogen (secondary N) is 1. The summed E-state index contributed by atoms with van der Waals surface area (Å²) in [7, 11) is 0. The number of hydrogen-bond donors (Lipinski definition) is 1. The Hall–Kier alpha value is -2.14. The molecule has 5 heteroatoms. The van der Waals surface area contributed by atoms with Crippen molar-refractivity contribution in [3.63, 3.8) is 0 Å². The van der Waals surface area contributed by atoms with Crippen LogP contribution in [0.5, 0.6) is 0 Å². The molecule has 126 valence electrons. The zero-order valence-corrected chi connectivity index (χ0v) is 14.3. The molecule has 5 nitrogen and oxygen atoms in total. The molecule has 1 aliphatic heterocycles. The zero-order chi connectivity index (χ0) is 16.4. The Morgan fingerprint density at radius 1 is 1.04 bits per heavy atom. The Morgan fingerprint density at radius 2 is 1.79 bits per heavy atom. The van der Waals surface area contributed by atoms with Crippen LogP contribution in [0.15, 0.2) is 36.4 Å². The van der Waals surface area contributed by atoms with E-state index in [-0.39, 0.29) is 0 Å². The number of piperazine rings is 1. The van der Waals surface area contributed by atoms with Crippen LogP contribution < -0.4 is 10.2 Å². The molecule has 0 unspecified atom stereocenters. The van der Waals surface area contributed by atoms with Crippen molar-refractivity contribution < 1.29 is 0 Å². The number of benzene rings is 1. The molecular weight excluding hydrogens is 298 g/mol. The maximum absolute atomic E-state index is 4.86. The predicted molar refractivity (Wildman–Crippen MR) is 98.4 cm³/mol. The summed E-state index contributed by atoms with van der Waals surface area (Å²) < 4.78 is 0. The molecule has 2 fully saturated rings. The topological polar surface area (TPSA) is 44.3 Å². The third kappa shape index (κ3) is 3.51. The van der Waals surface area contributed by atoms with E-state index in [0.717, 1.165) is 55.7 Å². The van der Waals surface area contributed by atoms with Crippen LogP contribution in [0.4, 0.5) is 11.6 Å². The van der Waals surface area contributed by atoms with Crippen LogP contribution in [0.1, 0.15) is 19.8 Å². The number of anilines is 2. The summed E-state index contributed by atoms with van der Waals surface area (Å²) in [5.74, 6) is 2.82. The van der Waals surface area contributed by atoms with Crippen molar-refractivity contribution >= 4 is 11.6 Å². The second-order valence-electron chi connectivity index (χ2n) is 6.64. The van der Waals surface area contributed by atoms with E-state index in [1.165, 1.54) is 12.8 Å². The highest BCUT2D eigenvalue weighted by Gasteiger charge is 2.23. The van der Waals surface area contributed by atoms with E-state index in [2.05, 4.69) is 40.2 Å². The van der Waals surface area contributed by atoms with Gasteiger partial charge in [0, 0.05) is 43.9 Å². The van der Waals surface area contributed by atoms with Gasteiger partial charge in [0.25, 0.3) is 0 Å². The number of hydrogen-bond acceptors (Lipinski definition) is 5. The molecule has 24 heavy (non-hydrogen) atoms. The Kier molecular flexibility index (Phi) is 4.34. The molecule has 1 N–H and O–H groups in total. The lowest BCUT2D eigenvalue weighted by molar-refractivity contribution is 0.270. The smallest absolute Gasteiger partial charge is 0.163 e. The molecule has 2 aliphatic rings. The first-order valence-corrected chi connectivity index (χ1v) is 9.00. The van der Waals surface area contributed by atoms with Gasteiger partial charge in [0.2, 0.25) is 0 Å². The molecule has 4 rings (SSSR count). The monoisotopic (exact) mass is 323 g/mol. The summed E-state index contributed by atoms with van der Waals surface area (Å²) in [6.07, 6.45) is 2.49. The molecule has 0 bridgehead atoms. The SMILES string of the molecule is CCN1CCN(c2cc(NC3CC3)nc(-c3ccccc3)n2)CC1. The van der Waals surface area contributed by atoms with Gasteiger partial charge >= 0.3 is 0 Å². The first-order chi connectivity index (χ1) is 11.8. The summed E-state index contributed by atoms with van der Waals surface area (Å²) in [4.78, 5) is 14.5. The number of likely N-dealkylation sites (N-methyl/N-ethyl adjacent to an activating group) is 1. The maximum Gasteiger partial charge on any atom is 0.163 e. The van der Waals surface area contributed by atoms with Gasteiger partial charge < -0.3 is 15.1 Å². The molecule has 2 heterocycles.